The Morgan fingerprint density at radius 1 is 1.46 bits per heavy atom. The zero-order chi connectivity index (χ0) is 9.64. The van der Waals surface area contributed by atoms with Crippen LogP contribution < -0.4 is 0 Å². The maximum atomic E-state index is 9.62. The van der Waals surface area contributed by atoms with Crippen LogP contribution >= 0.6 is 0 Å². The molecule has 2 aliphatic rings. The number of fused-ring (bicyclic) bond motifs is 1. The summed E-state index contributed by atoms with van der Waals surface area (Å²) in [6, 6.07) is 0. The molecule has 13 heavy (non-hydrogen) atoms. The van der Waals surface area contributed by atoms with E-state index in [1.165, 1.54) is 0 Å². The third-order valence-electron chi connectivity index (χ3n) is 2.45. The highest BCUT2D eigenvalue weighted by atomic mass is 16.8. The number of aliphatic hydroxyl groups is 1. The second-order valence-electron chi connectivity index (χ2n) is 4.07. The molecule has 3 atom stereocenters. The summed E-state index contributed by atoms with van der Waals surface area (Å²) in [7, 11) is 0. The predicted molar refractivity (Wildman–Crippen MR) is 47.8 cm³/mol. The second kappa shape index (κ2) is 2.77. The lowest BCUT2D eigenvalue weighted by Gasteiger charge is -2.25. The van der Waals surface area contributed by atoms with Crippen LogP contribution in [-0.2, 0) is 9.47 Å². The van der Waals surface area contributed by atoms with Crippen LogP contribution in [0.15, 0.2) is 4.99 Å². The van der Waals surface area contributed by atoms with E-state index in [1.54, 1.807) is 0 Å². The molecule has 4 heteroatoms. The monoisotopic (exact) mass is 185 g/mol. The van der Waals surface area contributed by atoms with Gasteiger partial charge in [-0.05, 0) is 20.8 Å². The molecule has 0 radical (unpaired) electrons. The zero-order valence-corrected chi connectivity index (χ0v) is 8.15. The minimum absolute atomic E-state index is 0.168. The summed E-state index contributed by atoms with van der Waals surface area (Å²) in [5.41, 5.74) is 0.917. The van der Waals surface area contributed by atoms with Crippen LogP contribution in [0, 0.1) is 0 Å². The fraction of sp³-hybridized carbons (Fsp3) is 0.889. The number of aliphatic imine (C=N–C) groups is 1. The standard InChI is InChI=1S/C9H15NO3/c1-5-7-8(6(11)4-10-5)13-9(2,3)12-7/h6-8,11H,4H2,1-3H3/t6?,7?,8-/m1/s1. The summed E-state index contributed by atoms with van der Waals surface area (Å²) in [6.45, 7) is 6.04. The summed E-state index contributed by atoms with van der Waals surface area (Å²) in [5.74, 6) is -0.600. The van der Waals surface area contributed by atoms with E-state index in [-0.39, 0.29) is 12.2 Å². The molecule has 2 unspecified atom stereocenters. The molecule has 0 aliphatic carbocycles. The molecule has 0 aromatic carbocycles. The minimum atomic E-state index is -0.600. The molecule has 1 N–H and O–H groups in total. The van der Waals surface area contributed by atoms with E-state index in [0.717, 1.165) is 5.71 Å². The number of hydrogen-bond acceptors (Lipinski definition) is 4. The maximum absolute atomic E-state index is 9.62. The lowest BCUT2D eigenvalue weighted by Crippen LogP contribution is -2.44. The van der Waals surface area contributed by atoms with Gasteiger partial charge < -0.3 is 14.6 Å². The van der Waals surface area contributed by atoms with Crippen molar-refractivity contribution in [1.82, 2.24) is 0 Å². The molecule has 0 spiro atoms. The first-order chi connectivity index (χ1) is 5.99. The molecule has 0 amide bonds. The van der Waals surface area contributed by atoms with Gasteiger partial charge in [-0.15, -0.1) is 0 Å². The Hall–Kier alpha value is -0.450. The molecule has 2 aliphatic heterocycles. The Morgan fingerprint density at radius 2 is 2.15 bits per heavy atom. The van der Waals surface area contributed by atoms with Crippen LogP contribution in [0.25, 0.3) is 0 Å². The van der Waals surface area contributed by atoms with Crippen molar-refractivity contribution in [3.63, 3.8) is 0 Å². The van der Waals surface area contributed by atoms with Gasteiger partial charge in [0, 0.05) is 5.71 Å². The molecule has 1 fully saturated rings. The Morgan fingerprint density at radius 3 is 2.77 bits per heavy atom. The largest absolute Gasteiger partial charge is 0.388 e. The van der Waals surface area contributed by atoms with Gasteiger partial charge in [-0.1, -0.05) is 0 Å². The van der Waals surface area contributed by atoms with Crippen LogP contribution in [0.5, 0.6) is 0 Å². The van der Waals surface area contributed by atoms with E-state index in [0.29, 0.717) is 6.54 Å². The molecule has 0 aromatic rings. The molecule has 4 nitrogen and oxygen atoms in total. The fourth-order valence-corrected chi connectivity index (χ4v) is 1.82. The van der Waals surface area contributed by atoms with Crippen molar-refractivity contribution in [3.8, 4) is 0 Å². The number of ether oxygens (including phenoxy) is 2. The Labute approximate surface area is 77.6 Å². The Kier molecular flexibility index (Phi) is 1.94. The number of aliphatic hydroxyl groups excluding tert-OH is 1. The van der Waals surface area contributed by atoms with Gasteiger partial charge in [-0.3, -0.25) is 4.99 Å². The van der Waals surface area contributed by atoms with E-state index in [2.05, 4.69) is 4.99 Å². The molecule has 1 saturated heterocycles. The lowest BCUT2D eigenvalue weighted by atomic mass is 10.0. The van der Waals surface area contributed by atoms with Crippen molar-refractivity contribution >= 4 is 5.71 Å². The SMILES string of the molecule is CC1=NCC(O)[C@H]2OC(C)(C)OC12. The van der Waals surface area contributed by atoms with Gasteiger partial charge in [0.05, 0.1) is 6.54 Å². The van der Waals surface area contributed by atoms with Crippen molar-refractivity contribution in [3.05, 3.63) is 0 Å². The van der Waals surface area contributed by atoms with Gasteiger partial charge in [0.1, 0.15) is 18.3 Å². The number of hydrogen-bond donors (Lipinski definition) is 1. The highest BCUT2D eigenvalue weighted by Gasteiger charge is 2.47. The summed E-state index contributed by atoms with van der Waals surface area (Å²) < 4.78 is 11.2. The maximum Gasteiger partial charge on any atom is 0.164 e. The normalized spacial score (nSPS) is 42.8. The number of rotatable bonds is 0. The lowest BCUT2D eigenvalue weighted by molar-refractivity contribution is -0.151. The summed E-state index contributed by atoms with van der Waals surface area (Å²) in [6.07, 6.45) is -0.943. The number of nitrogens with zero attached hydrogens (tertiary/aromatic N) is 1. The van der Waals surface area contributed by atoms with Crippen LogP contribution in [0.1, 0.15) is 20.8 Å². The summed E-state index contributed by atoms with van der Waals surface area (Å²) >= 11 is 0. The topological polar surface area (TPSA) is 51.1 Å². The van der Waals surface area contributed by atoms with E-state index in [4.69, 9.17) is 9.47 Å². The predicted octanol–water partition coefficient (Wildman–Crippen LogP) is 0.342. The van der Waals surface area contributed by atoms with Gasteiger partial charge in [0.15, 0.2) is 5.79 Å². The minimum Gasteiger partial charge on any atom is -0.388 e. The third kappa shape index (κ3) is 1.49. The quantitative estimate of drug-likeness (QED) is 0.592. The van der Waals surface area contributed by atoms with Crippen molar-refractivity contribution in [2.45, 2.75) is 44.9 Å². The zero-order valence-electron chi connectivity index (χ0n) is 8.15. The van der Waals surface area contributed by atoms with Crippen LogP contribution in [-0.4, -0.2) is 41.5 Å². The molecule has 2 rings (SSSR count). The van der Waals surface area contributed by atoms with Gasteiger partial charge in [-0.2, -0.15) is 0 Å². The van der Waals surface area contributed by atoms with E-state index in [1.807, 2.05) is 20.8 Å². The first kappa shape index (κ1) is 9.12. The molecule has 2 heterocycles. The smallest absolute Gasteiger partial charge is 0.164 e. The van der Waals surface area contributed by atoms with Gasteiger partial charge in [0.2, 0.25) is 0 Å². The first-order valence-electron chi connectivity index (χ1n) is 4.54. The van der Waals surface area contributed by atoms with Crippen LogP contribution in [0.3, 0.4) is 0 Å². The average Bonchev–Trinajstić information content (AvgIpc) is 2.35. The molecule has 0 aromatic heterocycles. The molecule has 74 valence electrons. The van der Waals surface area contributed by atoms with Gasteiger partial charge in [0.25, 0.3) is 0 Å². The average molecular weight is 185 g/mol. The molecular formula is C9H15NO3. The summed E-state index contributed by atoms with van der Waals surface area (Å²) in [4.78, 5) is 4.18. The molecular weight excluding hydrogens is 170 g/mol. The van der Waals surface area contributed by atoms with E-state index >= 15 is 0 Å². The van der Waals surface area contributed by atoms with Gasteiger partial charge in [-0.25, -0.2) is 0 Å². The van der Waals surface area contributed by atoms with E-state index in [9.17, 15) is 5.11 Å². The Bertz CT molecular complexity index is 249. The first-order valence-corrected chi connectivity index (χ1v) is 4.54. The van der Waals surface area contributed by atoms with E-state index < -0.39 is 11.9 Å². The van der Waals surface area contributed by atoms with Crippen molar-refractivity contribution in [1.29, 1.82) is 0 Å². The molecule has 0 bridgehead atoms. The highest BCUT2D eigenvalue weighted by Crippen LogP contribution is 2.32. The van der Waals surface area contributed by atoms with Crippen molar-refractivity contribution in [2.24, 2.45) is 4.99 Å². The van der Waals surface area contributed by atoms with Crippen LogP contribution in [0.4, 0.5) is 0 Å². The van der Waals surface area contributed by atoms with Crippen molar-refractivity contribution < 1.29 is 14.6 Å². The summed E-state index contributed by atoms with van der Waals surface area (Å²) in [5, 5.41) is 9.62. The Balaban J connectivity index is 2.23. The fourth-order valence-electron chi connectivity index (χ4n) is 1.82. The highest BCUT2D eigenvalue weighted by molar-refractivity contribution is 5.88. The second-order valence-corrected chi connectivity index (χ2v) is 4.07. The van der Waals surface area contributed by atoms with Gasteiger partial charge >= 0.3 is 0 Å². The molecule has 0 saturated carbocycles. The third-order valence-corrected chi connectivity index (χ3v) is 2.45. The van der Waals surface area contributed by atoms with Crippen LogP contribution in [0.2, 0.25) is 0 Å². The van der Waals surface area contributed by atoms with Crippen molar-refractivity contribution in [2.75, 3.05) is 6.54 Å².